The molecule has 0 bridgehead atoms. The molecule has 0 saturated carbocycles. The molecule has 0 atom stereocenters. The Morgan fingerprint density at radius 2 is 2.50 bits per heavy atom. The highest BCUT2D eigenvalue weighted by Gasteiger charge is 1.91. The summed E-state index contributed by atoms with van der Waals surface area (Å²) in [5, 5.41) is 7.56. The number of hydrogen-bond acceptors (Lipinski definition) is 2. The first-order valence-electron chi connectivity index (χ1n) is 2.21. The van der Waals surface area contributed by atoms with E-state index in [0.29, 0.717) is 0 Å². The molecule has 1 heterocycles. The Morgan fingerprint density at radius 3 is 2.75 bits per heavy atom. The first-order chi connectivity index (χ1) is 3.84. The van der Waals surface area contributed by atoms with E-state index in [0.717, 1.165) is 10.6 Å². The van der Waals surface area contributed by atoms with E-state index in [-0.39, 0.29) is 0 Å². The van der Waals surface area contributed by atoms with Gasteiger partial charge in [0, 0.05) is 18.0 Å². The molecule has 1 aromatic rings. The highest BCUT2D eigenvalue weighted by molar-refractivity contribution is 7.80. The molecule has 0 aliphatic carbocycles. The van der Waals surface area contributed by atoms with Gasteiger partial charge in [-0.1, -0.05) is 0 Å². The quantitative estimate of drug-likeness (QED) is 0.375. The summed E-state index contributed by atoms with van der Waals surface area (Å²) >= 11 is 4.02. The third-order valence-corrected chi connectivity index (χ3v) is 1.30. The zero-order chi connectivity index (χ0) is 5.98. The molecule has 0 unspecified atom stereocenters. The van der Waals surface area contributed by atoms with Crippen molar-refractivity contribution in [1.29, 1.82) is 5.41 Å². The maximum atomic E-state index is 6.81. The molecule has 3 heteroatoms. The van der Waals surface area contributed by atoms with Gasteiger partial charge in [-0.2, -0.15) is 0 Å². The normalized spacial score (nSPS) is 9.12. The molecule has 42 valence electrons. The predicted octanol–water partition coefficient (Wildman–Crippen LogP) is 1.30. The van der Waals surface area contributed by atoms with Crippen LogP contribution in [0, 0.1) is 5.41 Å². The molecule has 0 aromatic carbocycles. The Kier molecular flexibility index (Phi) is 1.39. The average Bonchev–Trinajstić information content (AvgIpc) is 2.14. The maximum Gasteiger partial charge on any atom is 0.0779 e. The Balaban J connectivity index is 3.09. The summed E-state index contributed by atoms with van der Waals surface area (Å²) in [7, 11) is 0. The second-order valence-corrected chi connectivity index (χ2v) is 1.87. The van der Waals surface area contributed by atoms with Crippen molar-refractivity contribution in [2.75, 3.05) is 0 Å². The second-order valence-electron chi connectivity index (χ2n) is 1.43. The third-order valence-electron chi connectivity index (χ3n) is 0.912. The van der Waals surface area contributed by atoms with E-state index >= 15 is 0 Å². The van der Waals surface area contributed by atoms with Crippen LogP contribution in [-0.2, 0) is 0 Å². The van der Waals surface area contributed by atoms with Crippen LogP contribution in [0.5, 0.6) is 0 Å². The van der Waals surface area contributed by atoms with Gasteiger partial charge in [0.1, 0.15) is 0 Å². The lowest BCUT2D eigenvalue weighted by Crippen LogP contribution is -1.73. The SMILES string of the molecule is N=Cc1cc[nH]c1S. The summed E-state index contributed by atoms with van der Waals surface area (Å²) in [5.74, 6) is 0. The van der Waals surface area contributed by atoms with Crippen LogP contribution in [0.2, 0.25) is 0 Å². The Hall–Kier alpha value is -0.700. The van der Waals surface area contributed by atoms with E-state index in [1.54, 1.807) is 12.3 Å². The van der Waals surface area contributed by atoms with Crippen LogP contribution in [0.15, 0.2) is 17.3 Å². The molecule has 0 aliphatic heterocycles. The molecule has 0 fully saturated rings. The fraction of sp³-hybridized carbons (Fsp3) is 0. The Bertz CT molecular complexity index is 192. The van der Waals surface area contributed by atoms with E-state index in [1.165, 1.54) is 6.21 Å². The van der Waals surface area contributed by atoms with Crippen LogP contribution in [0.4, 0.5) is 0 Å². The van der Waals surface area contributed by atoms with Gasteiger partial charge in [-0.15, -0.1) is 12.6 Å². The molecule has 1 aromatic heterocycles. The van der Waals surface area contributed by atoms with Crippen molar-refractivity contribution in [2.45, 2.75) is 5.03 Å². The molecule has 8 heavy (non-hydrogen) atoms. The molecule has 0 spiro atoms. The molecule has 1 rings (SSSR count). The predicted molar refractivity (Wildman–Crippen MR) is 35.9 cm³/mol. The van der Waals surface area contributed by atoms with Crippen molar-refractivity contribution in [3.63, 3.8) is 0 Å². The zero-order valence-corrected chi connectivity index (χ0v) is 5.07. The number of hydrogen-bond donors (Lipinski definition) is 3. The molecular weight excluding hydrogens is 120 g/mol. The lowest BCUT2D eigenvalue weighted by atomic mass is 10.4. The van der Waals surface area contributed by atoms with Crippen molar-refractivity contribution in [1.82, 2.24) is 4.98 Å². The molecule has 0 aliphatic rings. The third kappa shape index (κ3) is 0.767. The van der Waals surface area contributed by atoms with Crippen LogP contribution >= 0.6 is 12.6 Å². The van der Waals surface area contributed by atoms with Gasteiger partial charge in [-0.05, 0) is 6.07 Å². The van der Waals surface area contributed by atoms with Gasteiger partial charge < -0.3 is 10.4 Å². The smallest absolute Gasteiger partial charge is 0.0779 e. The molecule has 0 amide bonds. The number of rotatable bonds is 1. The lowest BCUT2D eigenvalue weighted by molar-refractivity contribution is 1.21. The fourth-order valence-electron chi connectivity index (χ4n) is 0.489. The zero-order valence-electron chi connectivity index (χ0n) is 4.18. The number of thiol groups is 1. The van der Waals surface area contributed by atoms with Gasteiger partial charge in [0.2, 0.25) is 0 Å². The summed E-state index contributed by atoms with van der Waals surface area (Å²) in [6, 6.07) is 1.80. The van der Waals surface area contributed by atoms with Crippen molar-refractivity contribution < 1.29 is 0 Å². The largest absolute Gasteiger partial charge is 0.356 e. The van der Waals surface area contributed by atoms with Crippen LogP contribution < -0.4 is 0 Å². The van der Waals surface area contributed by atoms with Crippen LogP contribution in [-0.4, -0.2) is 11.2 Å². The molecule has 2 nitrogen and oxygen atoms in total. The molecular formula is C5H6N2S. The highest BCUT2D eigenvalue weighted by atomic mass is 32.1. The van der Waals surface area contributed by atoms with Gasteiger partial charge in [0.15, 0.2) is 0 Å². The first-order valence-corrected chi connectivity index (χ1v) is 2.66. The van der Waals surface area contributed by atoms with Crippen molar-refractivity contribution in [3.8, 4) is 0 Å². The minimum absolute atomic E-state index is 0.750. The molecule has 0 radical (unpaired) electrons. The van der Waals surface area contributed by atoms with E-state index in [1.807, 2.05) is 0 Å². The van der Waals surface area contributed by atoms with Crippen LogP contribution in [0.3, 0.4) is 0 Å². The standard InChI is InChI=1S/C5H6N2S/c6-3-4-1-2-7-5(4)8/h1-3,6-8H. The Labute approximate surface area is 52.8 Å². The fourth-order valence-corrected chi connectivity index (χ4v) is 0.703. The monoisotopic (exact) mass is 126 g/mol. The summed E-state index contributed by atoms with van der Waals surface area (Å²) in [6.45, 7) is 0. The molecule has 0 saturated heterocycles. The van der Waals surface area contributed by atoms with Crippen LogP contribution in [0.1, 0.15) is 5.56 Å². The van der Waals surface area contributed by atoms with E-state index in [9.17, 15) is 0 Å². The topological polar surface area (TPSA) is 39.6 Å². The first kappa shape index (κ1) is 5.44. The summed E-state index contributed by atoms with van der Waals surface area (Å²) < 4.78 is 0. The minimum Gasteiger partial charge on any atom is -0.356 e. The van der Waals surface area contributed by atoms with Crippen molar-refractivity contribution in [2.24, 2.45) is 0 Å². The summed E-state index contributed by atoms with van der Waals surface area (Å²) in [6.07, 6.45) is 3.02. The maximum absolute atomic E-state index is 6.81. The summed E-state index contributed by atoms with van der Waals surface area (Å²) in [4.78, 5) is 2.83. The van der Waals surface area contributed by atoms with Crippen molar-refractivity contribution in [3.05, 3.63) is 17.8 Å². The average molecular weight is 126 g/mol. The van der Waals surface area contributed by atoms with E-state index in [4.69, 9.17) is 5.41 Å². The lowest BCUT2D eigenvalue weighted by Gasteiger charge is -1.81. The van der Waals surface area contributed by atoms with Crippen LogP contribution in [0.25, 0.3) is 0 Å². The van der Waals surface area contributed by atoms with Gasteiger partial charge in [0.05, 0.1) is 5.03 Å². The van der Waals surface area contributed by atoms with Gasteiger partial charge in [-0.3, -0.25) is 0 Å². The van der Waals surface area contributed by atoms with Gasteiger partial charge in [0.25, 0.3) is 0 Å². The number of aromatic amines is 1. The number of aromatic nitrogens is 1. The van der Waals surface area contributed by atoms with Crippen molar-refractivity contribution >= 4 is 18.8 Å². The van der Waals surface area contributed by atoms with Gasteiger partial charge >= 0.3 is 0 Å². The minimum atomic E-state index is 0.750. The highest BCUT2D eigenvalue weighted by Crippen LogP contribution is 2.06. The number of nitrogens with one attached hydrogen (secondary N) is 2. The Morgan fingerprint density at radius 1 is 1.75 bits per heavy atom. The second kappa shape index (κ2) is 2.05. The van der Waals surface area contributed by atoms with E-state index < -0.39 is 0 Å². The summed E-state index contributed by atoms with van der Waals surface area (Å²) in [5.41, 5.74) is 0.827. The van der Waals surface area contributed by atoms with Gasteiger partial charge in [-0.25, -0.2) is 0 Å². The number of H-pyrrole nitrogens is 1. The van der Waals surface area contributed by atoms with E-state index in [2.05, 4.69) is 17.6 Å². The molecule has 2 N–H and O–H groups in total.